The molecule has 1 N–H and O–H groups in total. The second kappa shape index (κ2) is 7.57. The van der Waals surface area contributed by atoms with Gasteiger partial charge >= 0.3 is 7.12 Å². The number of benzene rings is 1. The van der Waals surface area contributed by atoms with Gasteiger partial charge in [-0.25, -0.2) is 9.97 Å². The van der Waals surface area contributed by atoms with E-state index in [1.807, 2.05) is 31.2 Å². The maximum Gasteiger partial charge on any atom is 0.527 e. The lowest BCUT2D eigenvalue weighted by Gasteiger charge is -2.12. The predicted molar refractivity (Wildman–Crippen MR) is 96.4 cm³/mol. The molecule has 130 valence electrons. The highest BCUT2D eigenvalue weighted by atomic mass is 16.5. The lowest BCUT2D eigenvalue weighted by molar-refractivity contribution is 0.294. The summed E-state index contributed by atoms with van der Waals surface area (Å²) in [4.78, 5) is 9.16. The molecule has 1 aromatic heterocycles. The van der Waals surface area contributed by atoms with Gasteiger partial charge in [-0.3, -0.25) is 0 Å². The van der Waals surface area contributed by atoms with Crippen LogP contribution in [0.2, 0.25) is 6.32 Å². The lowest BCUT2D eigenvalue weighted by atomic mass is 9.83. The van der Waals surface area contributed by atoms with Gasteiger partial charge in [-0.1, -0.05) is 6.92 Å². The van der Waals surface area contributed by atoms with Crippen LogP contribution in [0.3, 0.4) is 0 Å². The second-order valence-electron chi connectivity index (χ2n) is 5.87. The van der Waals surface area contributed by atoms with Gasteiger partial charge in [0.2, 0.25) is 0 Å². The van der Waals surface area contributed by atoms with E-state index in [4.69, 9.17) is 14.1 Å². The molecule has 0 amide bonds. The van der Waals surface area contributed by atoms with Crippen LogP contribution in [0.5, 0.6) is 11.5 Å². The molecular formula is C18H21BN2O4. The van der Waals surface area contributed by atoms with Crippen LogP contribution < -0.4 is 9.47 Å². The minimum Gasteiger partial charge on any atom is -0.541 e. The third-order valence-electron chi connectivity index (χ3n) is 3.83. The van der Waals surface area contributed by atoms with Crippen molar-refractivity contribution in [3.63, 3.8) is 0 Å². The van der Waals surface area contributed by atoms with Crippen molar-refractivity contribution in [3.05, 3.63) is 41.9 Å². The predicted octanol–water partition coefficient (Wildman–Crippen LogP) is 3.10. The Morgan fingerprint density at radius 2 is 2.08 bits per heavy atom. The summed E-state index contributed by atoms with van der Waals surface area (Å²) in [5.74, 6) is 1.95. The summed E-state index contributed by atoms with van der Waals surface area (Å²) in [5.41, 5.74) is 3.30. The molecule has 0 saturated carbocycles. The molecule has 25 heavy (non-hydrogen) atoms. The van der Waals surface area contributed by atoms with Crippen LogP contribution in [-0.2, 0) is 4.65 Å². The zero-order valence-corrected chi connectivity index (χ0v) is 14.7. The molecule has 2 heterocycles. The summed E-state index contributed by atoms with van der Waals surface area (Å²) in [6.45, 7) is 4.58. The summed E-state index contributed by atoms with van der Waals surface area (Å²) >= 11 is 0. The smallest absolute Gasteiger partial charge is 0.527 e. The minimum atomic E-state index is -0.802. The van der Waals surface area contributed by atoms with Gasteiger partial charge in [0.05, 0.1) is 25.7 Å². The molecule has 0 spiro atoms. The molecule has 0 saturated heterocycles. The summed E-state index contributed by atoms with van der Waals surface area (Å²) in [7, 11) is 0.816. The fraction of sp³-hybridized carbons (Fsp3) is 0.333. The monoisotopic (exact) mass is 340 g/mol. The Hall–Kier alpha value is -2.54. The fourth-order valence-electron chi connectivity index (χ4n) is 2.61. The average molecular weight is 340 g/mol. The zero-order chi connectivity index (χ0) is 17.8. The standard InChI is InChI=1S/C18H21BN2O4/c1-4-7-24-17-9-13(5-6-16(17)23-3)18-20-12(2)8-15(21-18)14-10-19(22)25-11-14/h5-6,8-9,11,22H,4,7,10H2,1-3H3. The van der Waals surface area contributed by atoms with Crippen LogP contribution in [0.1, 0.15) is 24.7 Å². The van der Waals surface area contributed by atoms with E-state index in [-0.39, 0.29) is 0 Å². The van der Waals surface area contributed by atoms with Gasteiger partial charge in [0, 0.05) is 23.2 Å². The van der Waals surface area contributed by atoms with Crippen molar-refractivity contribution < 1.29 is 19.2 Å². The van der Waals surface area contributed by atoms with Gasteiger partial charge < -0.3 is 19.2 Å². The topological polar surface area (TPSA) is 73.7 Å². The molecule has 1 aliphatic heterocycles. The molecule has 6 nitrogen and oxygen atoms in total. The Morgan fingerprint density at radius 3 is 2.76 bits per heavy atom. The van der Waals surface area contributed by atoms with Crippen LogP contribution in [0.25, 0.3) is 17.0 Å². The first-order chi connectivity index (χ1) is 12.1. The van der Waals surface area contributed by atoms with E-state index in [9.17, 15) is 5.02 Å². The summed E-state index contributed by atoms with van der Waals surface area (Å²) in [6, 6.07) is 7.54. The Labute approximate surface area is 147 Å². The third kappa shape index (κ3) is 3.93. The Morgan fingerprint density at radius 1 is 1.24 bits per heavy atom. The molecular weight excluding hydrogens is 319 g/mol. The zero-order valence-electron chi connectivity index (χ0n) is 14.7. The van der Waals surface area contributed by atoms with Gasteiger partial charge in [0.25, 0.3) is 0 Å². The Balaban J connectivity index is 1.97. The highest BCUT2D eigenvalue weighted by Gasteiger charge is 2.25. The molecule has 1 aliphatic rings. The molecule has 7 heteroatoms. The van der Waals surface area contributed by atoms with E-state index < -0.39 is 7.12 Å². The summed E-state index contributed by atoms with van der Waals surface area (Å²) in [6.07, 6.45) is 2.89. The van der Waals surface area contributed by atoms with Gasteiger partial charge in [0.1, 0.15) is 0 Å². The number of ether oxygens (including phenoxy) is 2. The number of allylic oxidation sites excluding steroid dienone is 1. The maximum atomic E-state index is 9.54. The van der Waals surface area contributed by atoms with E-state index in [1.165, 1.54) is 0 Å². The molecule has 3 rings (SSSR count). The molecule has 2 aromatic rings. The van der Waals surface area contributed by atoms with Crippen molar-refractivity contribution in [2.45, 2.75) is 26.6 Å². The number of hydrogen-bond donors (Lipinski definition) is 1. The normalized spacial score (nSPS) is 13.4. The first-order valence-electron chi connectivity index (χ1n) is 8.30. The summed E-state index contributed by atoms with van der Waals surface area (Å²) < 4.78 is 16.2. The van der Waals surface area contributed by atoms with E-state index in [1.54, 1.807) is 13.4 Å². The fourth-order valence-corrected chi connectivity index (χ4v) is 2.61. The number of nitrogens with zero attached hydrogens (tertiary/aromatic N) is 2. The van der Waals surface area contributed by atoms with Crippen molar-refractivity contribution in [1.82, 2.24) is 9.97 Å². The second-order valence-corrected chi connectivity index (χ2v) is 5.87. The first-order valence-corrected chi connectivity index (χ1v) is 8.30. The Kier molecular flexibility index (Phi) is 5.24. The van der Waals surface area contributed by atoms with Crippen LogP contribution in [0.4, 0.5) is 0 Å². The van der Waals surface area contributed by atoms with Crippen LogP contribution in [0.15, 0.2) is 30.5 Å². The molecule has 0 atom stereocenters. The lowest BCUT2D eigenvalue weighted by Crippen LogP contribution is -2.08. The minimum absolute atomic E-state index is 0.420. The average Bonchev–Trinajstić information content (AvgIpc) is 3.05. The Bertz CT molecular complexity index is 795. The van der Waals surface area contributed by atoms with Crippen LogP contribution in [-0.4, -0.2) is 35.8 Å². The van der Waals surface area contributed by atoms with Gasteiger partial charge in [0.15, 0.2) is 17.3 Å². The van der Waals surface area contributed by atoms with Gasteiger partial charge in [-0.2, -0.15) is 0 Å². The molecule has 0 aliphatic carbocycles. The number of aromatic nitrogens is 2. The van der Waals surface area contributed by atoms with Crippen LogP contribution >= 0.6 is 0 Å². The highest BCUT2D eigenvalue weighted by Crippen LogP contribution is 2.32. The van der Waals surface area contributed by atoms with E-state index in [0.29, 0.717) is 30.3 Å². The van der Waals surface area contributed by atoms with E-state index in [2.05, 4.69) is 16.9 Å². The maximum absolute atomic E-state index is 9.54. The first kappa shape index (κ1) is 17.3. The molecule has 1 aromatic carbocycles. The van der Waals surface area contributed by atoms with Gasteiger partial charge in [-0.15, -0.1) is 0 Å². The number of rotatable bonds is 6. The van der Waals surface area contributed by atoms with Crippen molar-refractivity contribution in [3.8, 4) is 22.9 Å². The molecule has 0 unspecified atom stereocenters. The van der Waals surface area contributed by atoms with Crippen molar-refractivity contribution in [2.75, 3.05) is 13.7 Å². The number of aryl methyl sites for hydroxylation is 1. The van der Waals surface area contributed by atoms with E-state index in [0.717, 1.165) is 28.9 Å². The van der Waals surface area contributed by atoms with Gasteiger partial charge in [-0.05, 0) is 37.6 Å². The largest absolute Gasteiger partial charge is 0.541 e. The van der Waals surface area contributed by atoms with Crippen molar-refractivity contribution >= 4 is 12.7 Å². The molecule has 0 bridgehead atoms. The quantitative estimate of drug-likeness (QED) is 0.815. The molecule has 0 radical (unpaired) electrons. The number of hydrogen-bond acceptors (Lipinski definition) is 6. The van der Waals surface area contributed by atoms with Crippen LogP contribution in [0, 0.1) is 6.92 Å². The van der Waals surface area contributed by atoms with Crippen molar-refractivity contribution in [2.24, 2.45) is 0 Å². The molecule has 0 fully saturated rings. The summed E-state index contributed by atoms with van der Waals surface area (Å²) in [5, 5.41) is 9.54. The SMILES string of the molecule is CCCOc1cc(-c2nc(C)cc(C3=COB(O)C3)n2)ccc1OC. The number of methoxy groups -OCH3 is 1. The van der Waals surface area contributed by atoms with Crippen molar-refractivity contribution in [1.29, 1.82) is 0 Å². The van der Waals surface area contributed by atoms with E-state index >= 15 is 0 Å². The highest BCUT2D eigenvalue weighted by molar-refractivity contribution is 6.47. The third-order valence-corrected chi connectivity index (χ3v) is 3.83.